The normalized spacial score (nSPS) is 7.62. The Morgan fingerprint density at radius 3 is 1.75 bits per heavy atom. The van der Waals surface area contributed by atoms with Crippen LogP contribution in [0.25, 0.3) is 0 Å². The molecule has 0 aromatic heterocycles. The van der Waals surface area contributed by atoms with Gasteiger partial charge in [0.05, 0.1) is 0 Å². The van der Waals surface area contributed by atoms with Crippen molar-refractivity contribution in [3.8, 4) is 0 Å². The molecule has 0 unspecified atom stereocenters. The van der Waals surface area contributed by atoms with Gasteiger partial charge in [-0.3, -0.25) is 0 Å². The van der Waals surface area contributed by atoms with Gasteiger partial charge in [0.2, 0.25) is 0 Å². The van der Waals surface area contributed by atoms with Crippen molar-refractivity contribution < 1.29 is 25.8 Å². The molecule has 1 radical (unpaired) electrons. The van der Waals surface area contributed by atoms with E-state index in [-0.39, 0.29) is 25.8 Å². The molecular formula is C7H7Hf. The molecule has 1 aromatic rings. The SMILES string of the molecule is [CH2]c1ccccc1.[Hf]. The van der Waals surface area contributed by atoms with Crippen molar-refractivity contribution in [3.05, 3.63) is 42.8 Å². The van der Waals surface area contributed by atoms with E-state index in [1.807, 2.05) is 30.3 Å². The molecule has 0 aliphatic heterocycles. The maximum atomic E-state index is 3.72. The first-order chi connectivity index (χ1) is 3.39. The number of rotatable bonds is 0. The maximum Gasteiger partial charge on any atom is 0 e. The van der Waals surface area contributed by atoms with E-state index < -0.39 is 0 Å². The van der Waals surface area contributed by atoms with E-state index in [2.05, 4.69) is 6.92 Å². The Kier molecular flexibility index (Phi) is 4.06. The molecule has 0 aliphatic rings. The fraction of sp³-hybridized carbons (Fsp3) is 0. The van der Waals surface area contributed by atoms with Gasteiger partial charge in [0.1, 0.15) is 0 Å². The smallest absolute Gasteiger partial charge is 0 e. The van der Waals surface area contributed by atoms with Crippen LogP contribution in [-0.4, -0.2) is 0 Å². The third kappa shape index (κ3) is 2.41. The Morgan fingerprint density at radius 1 is 1.00 bits per heavy atom. The van der Waals surface area contributed by atoms with E-state index in [1.165, 1.54) is 0 Å². The molecule has 0 nitrogen and oxygen atoms in total. The van der Waals surface area contributed by atoms with Gasteiger partial charge in [0.25, 0.3) is 0 Å². The van der Waals surface area contributed by atoms with Crippen molar-refractivity contribution in [2.45, 2.75) is 0 Å². The van der Waals surface area contributed by atoms with Gasteiger partial charge < -0.3 is 0 Å². The molecule has 0 saturated carbocycles. The van der Waals surface area contributed by atoms with E-state index in [0.717, 1.165) is 5.56 Å². The Morgan fingerprint density at radius 2 is 1.50 bits per heavy atom. The van der Waals surface area contributed by atoms with E-state index in [1.54, 1.807) is 0 Å². The average molecular weight is 270 g/mol. The molecule has 0 atom stereocenters. The van der Waals surface area contributed by atoms with Crippen LogP contribution in [0.2, 0.25) is 0 Å². The third-order valence-corrected chi connectivity index (χ3v) is 0.843. The second kappa shape index (κ2) is 4.02. The summed E-state index contributed by atoms with van der Waals surface area (Å²) in [5.41, 5.74) is 1.07. The van der Waals surface area contributed by atoms with Crippen LogP contribution in [0.5, 0.6) is 0 Å². The van der Waals surface area contributed by atoms with E-state index in [0.29, 0.717) is 0 Å². The van der Waals surface area contributed by atoms with Gasteiger partial charge in [-0.25, -0.2) is 0 Å². The number of hydrogen-bond acceptors (Lipinski definition) is 0. The third-order valence-electron chi connectivity index (χ3n) is 0.843. The number of benzene rings is 1. The molecule has 1 heteroatoms. The fourth-order valence-corrected chi connectivity index (χ4v) is 0.478. The summed E-state index contributed by atoms with van der Waals surface area (Å²) in [6.07, 6.45) is 0. The van der Waals surface area contributed by atoms with Crippen molar-refractivity contribution in [1.29, 1.82) is 0 Å². The Labute approximate surface area is 68.7 Å². The predicted molar refractivity (Wildman–Crippen MR) is 30.9 cm³/mol. The van der Waals surface area contributed by atoms with Crippen LogP contribution in [0.4, 0.5) is 0 Å². The molecule has 1 rings (SSSR count). The summed E-state index contributed by atoms with van der Waals surface area (Å²) in [5.74, 6) is 0. The summed E-state index contributed by atoms with van der Waals surface area (Å²) in [4.78, 5) is 0. The minimum atomic E-state index is 0. The molecule has 8 heavy (non-hydrogen) atoms. The topological polar surface area (TPSA) is 0 Å². The van der Waals surface area contributed by atoms with Crippen molar-refractivity contribution in [2.24, 2.45) is 0 Å². The molecule has 0 fully saturated rings. The molecule has 0 aliphatic carbocycles. The van der Waals surface area contributed by atoms with Crippen LogP contribution < -0.4 is 0 Å². The number of hydrogen-bond donors (Lipinski definition) is 0. The molecule has 0 spiro atoms. The maximum absolute atomic E-state index is 3.72. The summed E-state index contributed by atoms with van der Waals surface area (Å²) in [5, 5.41) is 0. The van der Waals surface area contributed by atoms with E-state index >= 15 is 0 Å². The van der Waals surface area contributed by atoms with Gasteiger partial charge in [-0.1, -0.05) is 30.3 Å². The van der Waals surface area contributed by atoms with Gasteiger partial charge in [0.15, 0.2) is 0 Å². The van der Waals surface area contributed by atoms with E-state index in [9.17, 15) is 0 Å². The van der Waals surface area contributed by atoms with Crippen LogP contribution in [-0.2, 0) is 25.8 Å². The molecule has 0 heterocycles. The Hall–Kier alpha value is 0.0901. The van der Waals surface area contributed by atoms with Gasteiger partial charge in [-0.15, -0.1) is 0 Å². The molecule has 0 saturated heterocycles. The zero-order chi connectivity index (χ0) is 5.11. The van der Waals surface area contributed by atoms with Crippen molar-refractivity contribution in [1.82, 2.24) is 0 Å². The molecular weight excluding hydrogens is 263 g/mol. The Balaban J connectivity index is 0.000000490. The zero-order valence-corrected chi connectivity index (χ0v) is 8.19. The fourth-order valence-electron chi connectivity index (χ4n) is 0.478. The van der Waals surface area contributed by atoms with Crippen LogP contribution >= 0.6 is 0 Å². The first-order valence-electron chi connectivity index (χ1n) is 2.26. The van der Waals surface area contributed by atoms with Crippen molar-refractivity contribution in [2.75, 3.05) is 0 Å². The second-order valence-electron chi connectivity index (χ2n) is 1.49. The van der Waals surface area contributed by atoms with Gasteiger partial charge in [-0.2, -0.15) is 0 Å². The van der Waals surface area contributed by atoms with Crippen molar-refractivity contribution >= 4 is 0 Å². The molecule has 0 amide bonds. The summed E-state index contributed by atoms with van der Waals surface area (Å²) in [6, 6.07) is 9.87. The summed E-state index contributed by atoms with van der Waals surface area (Å²) in [7, 11) is 0. The summed E-state index contributed by atoms with van der Waals surface area (Å²) < 4.78 is 0. The average Bonchev–Trinajstić information content (AvgIpc) is 1.69. The Bertz CT molecular complexity index is 134. The van der Waals surface area contributed by atoms with Crippen LogP contribution in [0.3, 0.4) is 0 Å². The first kappa shape index (κ1) is 8.09. The van der Waals surface area contributed by atoms with Gasteiger partial charge in [-0.05, 0) is 12.5 Å². The van der Waals surface area contributed by atoms with Crippen LogP contribution in [0.15, 0.2) is 30.3 Å². The predicted octanol–water partition coefficient (Wildman–Crippen LogP) is 1.87. The van der Waals surface area contributed by atoms with Crippen LogP contribution in [0, 0.1) is 6.92 Å². The largest absolute Gasteiger partial charge is 0.0622 e. The molecule has 39 valence electrons. The minimum Gasteiger partial charge on any atom is -0.0622 e. The van der Waals surface area contributed by atoms with Crippen LogP contribution in [0.1, 0.15) is 5.56 Å². The molecule has 0 N–H and O–H groups in total. The first-order valence-corrected chi connectivity index (χ1v) is 2.26. The molecule has 1 aromatic carbocycles. The van der Waals surface area contributed by atoms with Gasteiger partial charge in [0, 0.05) is 25.8 Å². The zero-order valence-electron chi connectivity index (χ0n) is 4.59. The van der Waals surface area contributed by atoms with Crippen molar-refractivity contribution in [3.63, 3.8) is 0 Å². The van der Waals surface area contributed by atoms with E-state index in [4.69, 9.17) is 0 Å². The second-order valence-corrected chi connectivity index (χ2v) is 1.49. The van der Waals surface area contributed by atoms with Gasteiger partial charge >= 0.3 is 0 Å². The quantitative estimate of drug-likeness (QED) is 0.631. The minimum absolute atomic E-state index is 0. The monoisotopic (exact) mass is 271 g/mol. The molecule has 0 bridgehead atoms. The summed E-state index contributed by atoms with van der Waals surface area (Å²) in [6.45, 7) is 3.72. The summed E-state index contributed by atoms with van der Waals surface area (Å²) >= 11 is 0. The standard InChI is InChI=1S/C7H7.Hf/c1-7-5-3-2-4-6-7;/h2-6H,1H2;.